The molecule has 0 radical (unpaired) electrons. The Kier molecular flexibility index (Phi) is 5.79. The first kappa shape index (κ1) is 16.0. The molecule has 0 unspecified atom stereocenters. The first-order chi connectivity index (χ1) is 10.1. The van der Waals surface area contributed by atoms with Crippen molar-refractivity contribution < 1.29 is 4.74 Å². The summed E-state index contributed by atoms with van der Waals surface area (Å²) in [5.41, 5.74) is 0.966. The van der Waals surface area contributed by atoms with Crippen molar-refractivity contribution >= 4 is 5.95 Å². The van der Waals surface area contributed by atoms with Gasteiger partial charge in [-0.05, 0) is 59.5 Å². The molecule has 0 aromatic carbocycles. The summed E-state index contributed by atoms with van der Waals surface area (Å²) in [6.45, 7) is 9.22. The van der Waals surface area contributed by atoms with Gasteiger partial charge in [0.15, 0.2) is 0 Å². The van der Waals surface area contributed by atoms with Crippen molar-refractivity contribution in [3.05, 3.63) is 11.8 Å². The van der Waals surface area contributed by atoms with Gasteiger partial charge in [-0.2, -0.15) is 4.98 Å². The summed E-state index contributed by atoms with van der Waals surface area (Å²) in [6.07, 6.45) is 3.85. The molecular formula is C16H28N4O. The van der Waals surface area contributed by atoms with Crippen molar-refractivity contribution in [1.29, 1.82) is 0 Å². The molecule has 1 aliphatic heterocycles. The van der Waals surface area contributed by atoms with Crippen molar-refractivity contribution in [1.82, 2.24) is 15.3 Å². The van der Waals surface area contributed by atoms with Crippen molar-refractivity contribution in [3.63, 3.8) is 0 Å². The van der Waals surface area contributed by atoms with Gasteiger partial charge in [-0.1, -0.05) is 0 Å². The molecule has 118 valence electrons. The lowest BCUT2D eigenvalue weighted by atomic mass is 9.94. The predicted octanol–water partition coefficient (Wildman–Crippen LogP) is 2.40. The van der Waals surface area contributed by atoms with E-state index in [1.807, 2.05) is 33.9 Å². The van der Waals surface area contributed by atoms with E-state index in [4.69, 9.17) is 4.74 Å². The van der Waals surface area contributed by atoms with E-state index < -0.39 is 0 Å². The SMILES string of the molecule is CNCCC1CCN(c2nc(C)cc(OC(C)C)n2)CC1. The number of piperidine rings is 1. The monoisotopic (exact) mass is 292 g/mol. The molecule has 5 heteroatoms. The minimum absolute atomic E-state index is 0.138. The highest BCUT2D eigenvalue weighted by Crippen LogP contribution is 2.24. The maximum atomic E-state index is 5.71. The molecule has 1 aromatic heterocycles. The van der Waals surface area contributed by atoms with Crippen LogP contribution in [-0.2, 0) is 0 Å². The van der Waals surface area contributed by atoms with Crippen LogP contribution in [0, 0.1) is 12.8 Å². The summed E-state index contributed by atoms with van der Waals surface area (Å²) < 4.78 is 5.71. The molecule has 21 heavy (non-hydrogen) atoms. The van der Waals surface area contributed by atoms with Crippen LogP contribution in [0.1, 0.15) is 38.8 Å². The number of nitrogens with one attached hydrogen (secondary N) is 1. The summed E-state index contributed by atoms with van der Waals surface area (Å²) in [4.78, 5) is 11.4. The van der Waals surface area contributed by atoms with Gasteiger partial charge in [0.2, 0.25) is 11.8 Å². The quantitative estimate of drug-likeness (QED) is 0.872. The molecule has 1 N–H and O–H groups in total. The molecular weight excluding hydrogens is 264 g/mol. The van der Waals surface area contributed by atoms with Gasteiger partial charge in [-0.3, -0.25) is 0 Å². The molecule has 2 rings (SSSR count). The van der Waals surface area contributed by atoms with E-state index in [0.29, 0.717) is 5.88 Å². The second-order valence-corrected chi connectivity index (χ2v) is 6.14. The van der Waals surface area contributed by atoms with E-state index in [0.717, 1.165) is 37.2 Å². The van der Waals surface area contributed by atoms with Crippen LogP contribution in [-0.4, -0.2) is 42.8 Å². The standard InChI is InChI=1S/C16H28N4O/c1-12(2)21-15-11-13(3)18-16(19-15)20-9-6-14(7-10-20)5-8-17-4/h11-12,14,17H,5-10H2,1-4H3. The van der Waals surface area contributed by atoms with Gasteiger partial charge in [-0.15, -0.1) is 0 Å². The third kappa shape index (κ3) is 4.84. The summed E-state index contributed by atoms with van der Waals surface area (Å²) in [5, 5.41) is 3.24. The highest BCUT2D eigenvalue weighted by molar-refractivity contribution is 5.34. The van der Waals surface area contributed by atoms with E-state index in [2.05, 4.69) is 20.2 Å². The number of rotatable bonds is 6. The second kappa shape index (κ2) is 7.59. The molecule has 0 atom stereocenters. The minimum atomic E-state index is 0.138. The Hall–Kier alpha value is -1.36. The van der Waals surface area contributed by atoms with Crippen molar-refractivity contribution in [2.45, 2.75) is 46.1 Å². The number of nitrogens with zero attached hydrogens (tertiary/aromatic N) is 3. The van der Waals surface area contributed by atoms with Gasteiger partial charge in [0.1, 0.15) is 0 Å². The largest absolute Gasteiger partial charge is 0.475 e. The molecule has 0 amide bonds. The maximum Gasteiger partial charge on any atom is 0.228 e. The number of ether oxygens (including phenoxy) is 1. The van der Waals surface area contributed by atoms with E-state index in [1.54, 1.807) is 0 Å². The van der Waals surface area contributed by atoms with Gasteiger partial charge in [0, 0.05) is 24.8 Å². The van der Waals surface area contributed by atoms with E-state index in [9.17, 15) is 0 Å². The zero-order chi connectivity index (χ0) is 15.2. The Labute approximate surface area is 128 Å². The summed E-state index contributed by atoms with van der Waals surface area (Å²) in [6, 6.07) is 1.91. The Morgan fingerprint density at radius 1 is 1.33 bits per heavy atom. The van der Waals surface area contributed by atoms with Crippen molar-refractivity contribution in [3.8, 4) is 5.88 Å². The zero-order valence-electron chi connectivity index (χ0n) is 13.7. The molecule has 1 aliphatic rings. The van der Waals surface area contributed by atoms with Crippen LogP contribution in [0.15, 0.2) is 6.07 Å². The fourth-order valence-corrected chi connectivity index (χ4v) is 2.74. The van der Waals surface area contributed by atoms with E-state index in [-0.39, 0.29) is 6.10 Å². The highest BCUT2D eigenvalue weighted by Gasteiger charge is 2.21. The minimum Gasteiger partial charge on any atom is -0.475 e. The number of hydrogen-bond acceptors (Lipinski definition) is 5. The Bertz CT molecular complexity index is 442. The zero-order valence-corrected chi connectivity index (χ0v) is 13.7. The number of aryl methyl sites for hydroxylation is 1. The van der Waals surface area contributed by atoms with E-state index >= 15 is 0 Å². The van der Waals surface area contributed by atoms with E-state index in [1.165, 1.54) is 19.3 Å². The second-order valence-electron chi connectivity index (χ2n) is 6.14. The van der Waals surface area contributed by atoms with Crippen LogP contribution >= 0.6 is 0 Å². The maximum absolute atomic E-state index is 5.71. The van der Waals surface area contributed by atoms with Gasteiger partial charge >= 0.3 is 0 Å². The van der Waals surface area contributed by atoms with Crippen LogP contribution in [0.25, 0.3) is 0 Å². The van der Waals surface area contributed by atoms with Crippen molar-refractivity contribution in [2.75, 3.05) is 31.6 Å². The fraction of sp³-hybridized carbons (Fsp3) is 0.750. The molecule has 2 heterocycles. The molecule has 0 saturated carbocycles. The van der Waals surface area contributed by atoms with Crippen LogP contribution in [0.5, 0.6) is 5.88 Å². The highest BCUT2D eigenvalue weighted by atomic mass is 16.5. The number of anilines is 1. The normalized spacial score (nSPS) is 16.5. The van der Waals surface area contributed by atoms with Gasteiger partial charge in [-0.25, -0.2) is 4.98 Å². The number of aromatic nitrogens is 2. The Morgan fingerprint density at radius 2 is 2.05 bits per heavy atom. The van der Waals surface area contributed by atoms with Crippen LogP contribution < -0.4 is 15.0 Å². The van der Waals surface area contributed by atoms with Crippen LogP contribution in [0.3, 0.4) is 0 Å². The van der Waals surface area contributed by atoms with Crippen LogP contribution in [0.4, 0.5) is 5.95 Å². The molecule has 0 bridgehead atoms. The molecule has 1 aromatic rings. The predicted molar refractivity (Wildman–Crippen MR) is 86.0 cm³/mol. The number of hydrogen-bond donors (Lipinski definition) is 1. The topological polar surface area (TPSA) is 50.3 Å². The average molecular weight is 292 g/mol. The first-order valence-electron chi connectivity index (χ1n) is 8.00. The molecule has 1 saturated heterocycles. The lowest BCUT2D eigenvalue weighted by molar-refractivity contribution is 0.232. The Morgan fingerprint density at radius 3 is 2.67 bits per heavy atom. The van der Waals surface area contributed by atoms with Crippen molar-refractivity contribution in [2.24, 2.45) is 5.92 Å². The molecule has 1 fully saturated rings. The van der Waals surface area contributed by atoms with Gasteiger partial charge in [0.05, 0.1) is 6.10 Å². The van der Waals surface area contributed by atoms with Gasteiger partial charge < -0.3 is 15.0 Å². The van der Waals surface area contributed by atoms with Crippen LogP contribution in [0.2, 0.25) is 0 Å². The third-order valence-electron chi connectivity index (χ3n) is 3.88. The lowest BCUT2D eigenvalue weighted by Crippen LogP contribution is -2.35. The third-order valence-corrected chi connectivity index (χ3v) is 3.88. The summed E-state index contributed by atoms with van der Waals surface area (Å²) in [5.74, 6) is 2.33. The molecule has 0 aliphatic carbocycles. The lowest BCUT2D eigenvalue weighted by Gasteiger charge is -2.32. The summed E-state index contributed by atoms with van der Waals surface area (Å²) >= 11 is 0. The molecule has 5 nitrogen and oxygen atoms in total. The first-order valence-corrected chi connectivity index (χ1v) is 8.00. The van der Waals surface area contributed by atoms with Gasteiger partial charge in [0.25, 0.3) is 0 Å². The summed E-state index contributed by atoms with van der Waals surface area (Å²) in [7, 11) is 2.02. The molecule has 0 spiro atoms. The Balaban J connectivity index is 1.97. The average Bonchev–Trinajstić information content (AvgIpc) is 2.44. The smallest absolute Gasteiger partial charge is 0.228 e. The fourth-order valence-electron chi connectivity index (χ4n) is 2.74.